The fourth-order valence-corrected chi connectivity index (χ4v) is 3.17. The molecule has 1 N–H and O–H groups in total. The third kappa shape index (κ3) is 4.60. The van der Waals surface area contributed by atoms with Gasteiger partial charge in [-0.3, -0.25) is 4.79 Å². The van der Waals surface area contributed by atoms with Crippen molar-refractivity contribution in [3.05, 3.63) is 23.8 Å². The van der Waals surface area contributed by atoms with Crippen molar-refractivity contribution in [3.8, 4) is 11.5 Å². The van der Waals surface area contributed by atoms with Gasteiger partial charge in [-0.1, -0.05) is 6.07 Å². The minimum atomic E-state index is -3.01. The van der Waals surface area contributed by atoms with Crippen molar-refractivity contribution in [1.29, 1.82) is 0 Å². The lowest BCUT2D eigenvalue weighted by Gasteiger charge is -2.33. The number of hydrogen-bond donors (Lipinski definition) is 1. The van der Waals surface area contributed by atoms with E-state index in [0.717, 1.165) is 25.3 Å². The Morgan fingerprint density at radius 1 is 1.28 bits per heavy atom. The largest absolute Gasteiger partial charge is 0.493 e. The molecule has 7 heteroatoms. The van der Waals surface area contributed by atoms with E-state index >= 15 is 0 Å². The van der Waals surface area contributed by atoms with Gasteiger partial charge in [-0.25, -0.2) is 0 Å². The molecule has 0 bridgehead atoms. The van der Waals surface area contributed by atoms with E-state index in [2.05, 4.69) is 10.1 Å². The summed E-state index contributed by atoms with van der Waals surface area (Å²) in [5.41, 5.74) is 0.115. The van der Waals surface area contributed by atoms with E-state index in [0.29, 0.717) is 19.1 Å². The van der Waals surface area contributed by atoms with Crippen molar-refractivity contribution in [2.24, 2.45) is 5.92 Å². The van der Waals surface area contributed by atoms with Crippen molar-refractivity contribution in [1.82, 2.24) is 10.2 Å². The Labute approximate surface area is 146 Å². The number of benzene rings is 1. The number of alkyl halides is 2. The summed E-state index contributed by atoms with van der Waals surface area (Å²) >= 11 is 0. The lowest BCUT2D eigenvalue weighted by Crippen LogP contribution is -2.45. The molecular weight excluding hydrogens is 330 g/mol. The highest BCUT2D eigenvalue weighted by atomic mass is 19.3. The number of halogens is 2. The van der Waals surface area contributed by atoms with E-state index in [-0.39, 0.29) is 23.0 Å². The second-order valence-electron chi connectivity index (χ2n) is 6.63. The first-order chi connectivity index (χ1) is 12.1. The van der Waals surface area contributed by atoms with Crippen LogP contribution in [0.4, 0.5) is 8.78 Å². The average Bonchev–Trinajstić information content (AvgIpc) is 3.44. The summed E-state index contributed by atoms with van der Waals surface area (Å²) in [5, 5.41) is 3.56. The predicted molar refractivity (Wildman–Crippen MR) is 89.3 cm³/mol. The molecule has 0 unspecified atom stereocenters. The molecule has 1 saturated carbocycles. The summed E-state index contributed by atoms with van der Waals surface area (Å²) < 4.78 is 35.1. The molecule has 1 saturated heterocycles. The molecule has 1 aliphatic carbocycles. The molecule has 2 aliphatic rings. The molecule has 0 radical (unpaired) electrons. The number of methoxy groups -OCH3 is 1. The van der Waals surface area contributed by atoms with Crippen molar-refractivity contribution in [2.45, 2.75) is 38.3 Å². The van der Waals surface area contributed by atoms with E-state index in [1.54, 1.807) is 11.0 Å². The van der Waals surface area contributed by atoms with Gasteiger partial charge in [0, 0.05) is 19.1 Å². The van der Waals surface area contributed by atoms with Crippen molar-refractivity contribution in [3.63, 3.8) is 0 Å². The fraction of sp³-hybridized carbons (Fsp3) is 0.611. The zero-order valence-electron chi connectivity index (χ0n) is 14.3. The molecule has 3 rings (SSSR count). The third-order valence-corrected chi connectivity index (χ3v) is 4.81. The zero-order chi connectivity index (χ0) is 17.8. The maximum atomic E-state index is 12.8. The average molecular weight is 354 g/mol. The van der Waals surface area contributed by atoms with Crippen LogP contribution in [0.3, 0.4) is 0 Å². The second kappa shape index (κ2) is 7.99. The molecule has 1 aliphatic heterocycles. The topological polar surface area (TPSA) is 50.8 Å². The van der Waals surface area contributed by atoms with Crippen LogP contribution >= 0.6 is 0 Å². The molecule has 1 aromatic rings. The first-order valence-corrected chi connectivity index (χ1v) is 8.73. The molecule has 5 nitrogen and oxygen atoms in total. The first kappa shape index (κ1) is 17.9. The van der Waals surface area contributed by atoms with E-state index in [9.17, 15) is 13.6 Å². The fourth-order valence-electron chi connectivity index (χ4n) is 3.17. The highest BCUT2D eigenvalue weighted by Crippen LogP contribution is 2.34. The van der Waals surface area contributed by atoms with Gasteiger partial charge in [-0.2, -0.15) is 8.78 Å². The molecule has 0 spiro atoms. The van der Waals surface area contributed by atoms with Gasteiger partial charge >= 0.3 is 6.61 Å². The Morgan fingerprint density at radius 3 is 2.60 bits per heavy atom. The maximum absolute atomic E-state index is 12.8. The van der Waals surface area contributed by atoms with E-state index in [1.165, 1.54) is 32.1 Å². The van der Waals surface area contributed by atoms with E-state index in [4.69, 9.17) is 4.74 Å². The highest BCUT2D eigenvalue weighted by molar-refractivity contribution is 5.97. The lowest BCUT2D eigenvalue weighted by molar-refractivity contribution is -0.0516. The van der Waals surface area contributed by atoms with E-state index in [1.807, 2.05) is 0 Å². The van der Waals surface area contributed by atoms with Crippen LogP contribution in [0.15, 0.2) is 18.2 Å². The Bertz CT molecular complexity index is 600. The molecule has 0 atom stereocenters. The normalized spacial score (nSPS) is 18.5. The van der Waals surface area contributed by atoms with E-state index < -0.39 is 6.61 Å². The highest BCUT2D eigenvalue weighted by Gasteiger charge is 2.29. The summed E-state index contributed by atoms with van der Waals surface area (Å²) in [5.74, 6) is 0.465. The number of amides is 1. The number of rotatable bonds is 7. The Morgan fingerprint density at radius 2 is 2.00 bits per heavy atom. The summed E-state index contributed by atoms with van der Waals surface area (Å²) in [4.78, 5) is 14.5. The molecule has 25 heavy (non-hydrogen) atoms. The minimum absolute atomic E-state index is 0.115. The number of nitrogens with one attached hydrogen (secondary N) is 1. The molecule has 2 fully saturated rings. The zero-order valence-corrected chi connectivity index (χ0v) is 14.3. The van der Waals surface area contributed by atoms with Gasteiger partial charge in [0.05, 0.1) is 12.7 Å². The van der Waals surface area contributed by atoms with Gasteiger partial charge in [0.15, 0.2) is 11.5 Å². The van der Waals surface area contributed by atoms with Crippen molar-refractivity contribution in [2.75, 3.05) is 26.7 Å². The van der Waals surface area contributed by atoms with Gasteiger partial charge < -0.3 is 19.7 Å². The van der Waals surface area contributed by atoms with Crippen LogP contribution in [0, 0.1) is 5.92 Å². The first-order valence-electron chi connectivity index (χ1n) is 8.73. The lowest BCUT2D eigenvalue weighted by atomic mass is 10.0. The van der Waals surface area contributed by atoms with Gasteiger partial charge in [0.2, 0.25) is 0 Å². The number of hydrogen-bond acceptors (Lipinski definition) is 4. The Kier molecular flexibility index (Phi) is 5.73. The number of piperidine rings is 1. The summed E-state index contributed by atoms with van der Waals surface area (Å²) in [6, 6.07) is 5.03. The third-order valence-electron chi connectivity index (χ3n) is 4.81. The van der Waals surface area contributed by atoms with Gasteiger partial charge in [0.1, 0.15) is 0 Å². The summed E-state index contributed by atoms with van der Waals surface area (Å²) in [6.07, 6.45) is 4.36. The Balaban J connectivity index is 1.64. The smallest absolute Gasteiger partial charge is 0.387 e. The molecule has 0 aromatic heterocycles. The van der Waals surface area contributed by atoms with Gasteiger partial charge in [0.25, 0.3) is 5.91 Å². The van der Waals surface area contributed by atoms with Crippen LogP contribution in [-0.4, -0.2) is 50.2 Å². The number of carbonyl (C=O) groups excluding carboxylic acids is 1. The number of ether oxygens (including phenoxy) is 2. The number of nitrogens with zero attached hydrogens (tertiary/aromatic N) is 1. The Hall–Kier alpha value is -1.89. The van der Waals surface area contributed by atoms with Crippen LogP contribution < -0.4 is 14.8 Å². The molecule has 1 heterocycles. The van der Waals surface area contributed by atoms with Crippen LogP contribution in [-0.2, 0) is 0 Å². The number of para-hydroxylation sites is 1. The van der Waals surface area contributed by atoms with Crippen molar-refractivity contribution >= 4 is 5.91 Å². The molecular formula is C18H24F2N2O3. The molecule has 1 amide bonds. The number of likely N-dealkylation sites (tertiary alicyclic amines) is 1. The van der Waals surface area contributed by atoms with Crippen molar-refractivity contribution < 1.29 is 23.0 Å². The van der Waals surface area contributed by atoms with Crippen LogP contribution in [0.1, 0.15) is 36.0 Å². The monoisotopic (exact) mass is 354 g/mol. The van der Waals surface area contributed by atoms with Crippen LogP contribution in [0.25, 0.3) is 0 Å². The maximum Gasteiger partial charge on any atom is 0.387 e. The summed E-state index contributed by atoms with van der Waals surface area (Å²) in [6.45, 7) is -0.750. The predicted octanol–water partition coefficient (Wildman–Crippen LogP) is 2.90. The van der Waals surface area contributed by atoms with Crippen LogP contribution in [0.2, 0.25) is 0 Å². The second-order valence-corrected chi connectivity index (χ2v) is 6.63. The minimum Gasteiger partial charge on any atom is -0.493 e. The standard InChI is InChI=1S/C18H24F2N2O3/c1-24-15-4-2-3-14(16(15)25-18(19)20)17(23)22-9-7-13(8-10-22)21-11-12-5-6-12/h2-4,12-13,18,21H,5-11H2,1H3. The molecule has 138 valence electrons. The molecule has 1 aromatic carbocycles. The number of carbonyl (C=O) groups is 1. The van der Waals surface area contributed by atoms with Gasteiger partial charge in [-0.15, -0.1) is 0 Å². The summed E-state index contributed by atoms with van der Waals surface area (Å²) in [7, 11) is 1.36. The van der Waals surface area contributed by atoms with Gasteiger partial charge in [-0.05, 0) is 50.3 Å². The van der Waals surface area contributed by atoms with Crippen LogP contribution in [0.5, 0.6) is 11.5 Å². The quantitative estimate of drug-likeness (QED) is 0.818. The SMILES string of the molecule is COc1cccc(C(=O)N2CCC(NCC3CC3)CC2)c1OC(F)F.